The molecule has 2 aromatic carbocycles. The van der Waals surface area contributed by atoms with Gasteiger partial charge < -0.3 is 9.53 Å². The fraction of sp³-hybridized carbons (Fsp3) is 0.118. The molecule has 0 fully saturated rings. The van der Waals surface area contributed by atoms with Gasteiger partial charge in [0.2, 0.25) is 0 Å². The molecule has 1 aliphatic rings. The average Bonchev–Trinajstić information content (AvgIpc) is 2.53. The largest absolute Gasteiger partial charge is 0.456 e. The molecular formula is C17H13BrO2. The summed E-state index contributed by atoms with van der Waals surface area (Å²) in [6.07, 6.45) is 0.987. The van der Waals surface area contributed by atoms with Crippen LogP contribution in [0.4, 0.5) is 0 Å². The van der Waals surface area contributed by atoms with Gasteiger partial charge in [0.25, 0.3) is 0 Å². The monoisotopic (exact) mass is 328 g/mol. The maximum atomic E-state index is 11.6. The number of fused-ring (bicyclic) bond motifs is 1. The predicted octanol–water partition coefficient (Wildman–Crippen LogP) is 4.17. The lowest BCUT2D eigenvalue weighted by Crippen LogP contribution is -2.17. The van der Waals surface area contributed by atoms with Gasteiger partial charge in [-0.25, -0.2) is 0 Å². The van der Waals surface area contributed by atoms with Crippen molar-refractivity contribution < 1.29 is 9.53 Å². The van der Waals surface area contributed by atoms with Gasteiger partial charge in [0.05, 0.1) is 5.92 Å². The summed E-state index contributed by atoms with van der Waals surface area (Å²) in [5.74, 6) is 1.28. The number of rotatable bonds is 3. The quantitative estimate of drug-likeness (QED) is 0.624. The fourth-order valence-corrected chi connectivity index (χ4v) is 3.07. The van der Waals surface area contributed by atoms with Gasteiger partial charge in [0, 0.05) is 16.5 Å². The molecule has 1 aliphatic heterocycles. The van der Waals surface area contributed by atoms with Crippen LogP contribution in [0.15, 0.2) is 60.2 Å². The molecule has 1 heterocycles. The second-order valence-corrected chi connectivity index (χ2v) is 5.17. The molecular weight excluding hydrogens is 316 g/mol. The lowest BCUT2D eigenvalue weighted by molar-refractivity contribution is -0.108. The summed E-state index contributed by atoms with van der Waals surface area (Å²) < 4.78 is 6.04. The molecule has 20 heavy (non-hydrogen) atoms. The molecule has 1 unspecified atom stereocenters. The minimum Gasteiger partial charge on any atom is -0.456 e. The van der Waals surface area contributed by atoms with Crippen molar-refractivity contribution in [3.63, 3.8) is 0 Å². The Hall–Kier alpha value is -1.87. The highest BCUT2D eigenvalue weighted by Gasteiger charge is 2.29. The van der Waals surface area contributed by atoms with Crippen LogP contribution in [0.2, 0.25) is 0 Å². The van der Waals surface area contributed by atoms with E-state index in [2.05, 4.69) is 15.9 Å². The molecule has 0 aromatic heterocycles. The minimum atomic E-state index is -0.255. The number of allylic oxidation sites excluding steroid dienone is 1. The number of aldehydes is 1. The van der Waals surface area contributed by atoms with E-state index >= 15 is 0 Å². The molecule has 2 nitrogen and oxygen atoms in total. The molecule has 3 rings (SSSR count). The van der Waals surface area contributed by atoms with Crippen LogP contribution in [0.3, 0.4) is 0 Å². The Balaban J connectivity index is 2.17. The summed E-state index contributed by atoms with van der Waals surface area (Å²) in [4.78, 5) is 11.6. The number of alkyl halides is 1. The van der Waals surface area contributed by atoms with Crippen molar-refractivity contribution in [1.29, 1.82) is 0 Å². The van der Waals surface area contributed by atoms with Crippen LogP contribution in [0.5, 0.6) is 5.75 Å². The summed E-state index contributed by atoms with van der Waals surface area (Å²) in [6.45, 7) is 0. The molecule has 0 amide bonds. The van der Waals surface area contributed by atoms with Crippen molar-refractivity contribution >= 4 is 28.0 Å². The third-order valence-electron chi connectivity index (χ3n) is 3.45. The topological polar surface area (TPSA) is 26.3 Å². The summed E-state index contributed by atoms with van der Waals surface area (Å²) in [6, 6.07) is 17.6. The van der Waals surface area contributed by atoms with E-state index < -0.39 is 0 Å². The number of hydrogen-bond acceptors (Lipinski definition) is 2. The number of ether oxygens (including phenoxy) is 1. The highest BCUT2D eigenvalue weighted by Crippen LogP contribution is 2.41. The van der Waals surface area contributed by atoms with Crippen LogP contribution in [-0.2, 0) is 4.79 Å². The van der Waals surface area contributed by atoms with Crippen LogP contribution in [-0.4, -0.2) is 11.6 Å². The molecule has 0 aliphatic carbocycles. The lowest BCUT2D eigenvalue weighted by atomic mass is 9.88. The zero-order chi connectivity index (χ0) is 13.9. The van der Waals surface area contributed by atoms with Crippen molar-refractivity contribution in [3.05, 3.63) is 71.3 Å². The molecule has 100 valence electrons. The van der Waals surface area contributed by atoms with Crippen LogP contribution >= 0.6 is 15.9 Å². The molecule has 3 heteroatoms. The van der Waals surface area contributed by atoms with E-state index in [1.54, 1.807) is 0 Å². The highest BCUT2D eigenvalue weighted by atomic mass is 79.9. The summed E-state index contributed by atoms with van der Waals surface area (Å²) >= 11 is 3.48. The smallest absolute Gasteiger partial charge is 0.135 e. The van der Waals surface area contributed by atoms with E-state index in [0.717, 1.165) is 34.5 Å². The number of halogens is 1. The fourth-order valence-electron chi connectivity index (χ4n) is 2.47. The highest BCUT2D eigenvalue weighted by molar-refractivity contribution is 9.09. The Bertz CT molecular complexity index is 662. The Labute approximate surface area is 126 Å². The molecule has 0 radical (unpaired) electrons. The minimum absolute atomic E-state index is 0.255. The molecule has 1 atom stereocenters. The average molecular weight is 329 g/mol. The normalized spacial score (nSPS) is 17.4. The second-order valence-electron chi connectivity index (χ2n) is 4.61. The first-order chi connectivity index (χ1) is 9.85. The van der Waals surface area contributed by atoms with Crippen molar-refractivity contribution in [2.45, 2.75) is 5.92 Å². The van der Waals surface area contributed by atoms with E-state index in [0.29, 0.717) is 5.33 Å². The van der Waals surface area contributed by atoms with Crippen molar-refractivity contribution in [2.75, 3.05) is 5.33 Å². The molecule has 0 N–H and O–H groups in total. The van der Waals surface area contributed by atoms with Crippen molar-refractivity contribution in [1.82, 2.24) is 0 Å². The molecule has 0 bridgehead atoms. The van der Waals surface area contributed by atoms with E-state index in [1.165, 1.54) is 0 Å². The zero-order valence-electron chi connectivity index (χ0n) is 10.8. The van der Waals surface area contributed by atoms with E-state index in [4.69, 9.17) is 4.74 Å². The van der Waals surface area contributed by atoms with Gasteiger partial charge in [-0.15, -0.1) is 0 Å². The van der Waals surface area contributed by atoms with E-state index in [1.807, 2.05) is 54.6 Å². The van der Waals surface area contributed by atoms with Crippen LogP contribution in [0.1, 0.15) is 17.0 Å². The van der Waals surface area contributed by atoms with Gasteiger partial charge >= 0.3 is 0 Å². The van der Waals surface area contributed by atoms with Gasteiger partial charge in [-0.3, -0.25) is 0 Å². The van der Waals surface area contributed by atoms with Gasteiger partial charge in [-0.2, -0.15) is 0 Å². The van der Waals surface area contributed by atoms with E-state index in [-0.39, 0.29) is 5.92 Å². The second kappa shape index (κ2) is 5.63. The zero-order valence-corrected chi connectivity index (χ0v) is 12.3. The van der Waals surface area contributed by atoms with Gasteiger partial charge in [-0.05, 0) is 11.6 Å². The number of hydrogen-bond donors (Lipinski definition) is 0. The molecule has 0 spiro atoms. The summed E-state index contributed by atoms with van der Waals surface area (Å²) in [5.41, 5.74) is 2.88. The first-order valence-corrected chi connectivity index (χ1v) is 7.53. The predicted molar refractivity (Wildman–Crippen MR) is 83.0 cm³/mol. The lowest BCUT2D eigenvalue weighted by Gasteiger charge is -2.27. The third kappa shape index (κ3) is 2.18. The third-order valence-corrected chi connectivity index (χ3v) is 4.05. The van der Waals surface area contributed by atoms with Crippen LogP contribution in [0.25, 0.3) is 5.76 Å². The number of para-hydroxylation sites is 1. The Morgan fingerprint density at radius 2 is 1.75 bits per heavy atom. The molecule has 0 saturated heterocycles. The molecule has 0 saturated carbocycles. The maximum absolute atomic E-state index is 11.6. The van der Waals surface area contributed by atoms with Crippen molar-refractivity contribution in [3.8, 4) is 5.75 Å². The van der Waals surface area contributed by atoms with Crippen LogP contribution in [0, 0.1) is 0 Å². The Kier molecular flexibility index (Phi) is 3.70. The van der Waals surface area contributed by atoms with Gasteiger partial charge in [-0.1, -0.05) is 64.5 Å². The number of carbonyl (C=O) groups excluding carboxylic acids is 1. The Morgan fingerprint density at radius 3 is 2.45 bits per heavy atom. The Morgan fingerprint density at radius 1 is 1.05 bits per heavy atom. The summed E-state index contributed by atoms with van der Waals surface area (Å²) in [7, 11) is 0. The maximum Gasteiger partial charge on any atom is 0.135 e. The number of carbonyl (C=O) groups is 1. The summed E-state index contributed by atoms with van der Waals surface area (Å²) in [5, 5.41) is 0.606. The standard InChI is InChI=1S/C17H13BrO2/c18-10-14-15(11-19)13-8-4-5-9-16(13)20-17(14)12-6-2-1-3-7-12/h1-9,11,15H,10H2. The SMILES string of the molecule is O=CC1C(CBr)=C(c2ccccc2)Oc2ccccc21. The van der Waals surface area contributed by atoms with Gasteiger partial charge in [0.1, 0.15) is 17.8 Å². The molecule has 2 aromatic rings. The van der Waals surface area contributed by atoms with Crippen molar-refractivity contribution in [2.24, 2.45) is 0 Å². The number of benzene rings is 2. The first kappa shape index (κ1) is 13.1. The van der Waals surface area contributed by atoms with Gasteiger partial charge in [0.15, 0.2) is 0 Å². The first-order valence-electron chi connectivity index (χ1n) is 6.41. The van der Waals surface area contributed by atoms with E-state index in [9.17, 15) is 4.79 Å². The van der Waals surface area contributed by atoms with Crippen LogP contribution < -0.4 is 4.74 Å².